The zero-order chi connectivity index (χ0) is 15.5. The van der Waals surface area contributed by atoms with E-state index in [2.05, 4.69) is 6.07 Å². The highest BCUT2D eigenvalue weighted by molar-refractivity contribution is 6.01. The molecular formula is C19H14NO2. The summed E-state index contributed by atoms with van der Waals surface area (Å²) in [5.74, 6) is -0.418. The van der Waals surface area contributed by atoms with Crippen LogP contribution in [0.2, 0.25) is 0 Å². The second-order valence-electron chi connectivity index (χ2n) is 4.91. The molecule has 1 radical (unpaired) electrons. The second-order valence-corrected chi connectivity index (χ2v) is 4.91. The average molecular weight is 288 g/mol. The number of nitrogens with two attached hydrogens (primary N) is 1. The molecule has 0 fully saturated rings. The van der Waals surface area contributed by atoms with Gasteiger partial charge in [-0.2, -0.15) is 0 Å². The van der Waals surface area contributed by atoms with Crippen LogP contribution in [0.5, 0.6) is 5.75 Å². The monoisotopic (exact) mass is 288 g/mol. The van der Waals surface area contributed by atoms with Crippen LogP contribution in [0.4, 0.5) is 0 Å². The number of hydrogen-bond donors (Lipinski definition) is 2. The highest BCUT2D eigenvalue weighted by Crippen LogP contribution is 2.38. The molecule has 107 valence electrons. The van der Waals surface area contributed by atoms with E-state index in [-0.39, 0.29) is 5.75 Å². The van der Waals surface area contributed by atoms with Crippen LogP contribution >= 0.6 is 0 Å². The summed E-state index contributed by atoms with van der Waals surface area (Å²) in [4.78, 5) is 11.6. The number of benzene rings is 3. The smallest absolute Gasteiger partial charge is 0.249 e. The summed E-state index contributed by atoms with van der Waals surface area (Å²) >= 11 is 0. The van der Waals surface area contributed by atoms with Crippen LogP contribution in [0.15, 0.2) is 66.7 Å². The van der Waals surface area contributed by atoms with Crippen LogP contribution in [-0.4, -0.2) is 11.0 Å². The van der Waals surface area contributed by atoms with Crippen molar-refractivity contribution in [3.05, 3.63) is 78.4 Å². The molecule has 3 aromatic rings. The van der Waals surface area contributed by atoms with E-state index in [0.717, 1.165) is 5.56 Å². The van der Waals surface area contributed by atoms with Crippen molar-refractivity contribution < 1.29 is 9.90 Å². The topological polar surface area (TPSA) is 63.3 Å². The Morgan fingerprint density at radius 1 is 0.864 bits per heavy atom. The number of phenolic OH excluding ortho intramolecular Hbond substituents is 1. The van der Waals surface area contributed by atoms with E-state index in [1.54, 1.807) is 36.4 Å². The Morgan fingerprint density at radius 2 is 1.50 bits per heavy atom. The SMILES string of the molecule is NC(=O)c1ccccc1-c1c[c]cc(-c2ccccc2)c1O. The maximum Gasteiger partial charge on any atom is 0.249 e. The lowest BCUT2D eigenvalue weighted by Gasteiger charge is -2.12. The van der Waals surface area contributed by atoms with E-state index >= 15 is 0 Å². The van der Waals surface area contributed by atoms with E-state index in [0.29, 0.717) is 22.3 Å². The molecule has 22 heavy (non-hydrogen) atoms. The lowest BCUT2D eigenvalue weighted by atomic mass is 9.94. The summed E-state index contributed by atoms with van der Waals surface area (Å²) in [6.45, 7) is 0. The molecule has 0 saturated heterocycles. The molecule has 3 heteroatoms. The molecule has 0 aliphatic carbocycles. The van der Waals surface area contributed by atoms with Crippen LogP contribution < -0.4 is 5.73 Å². The van der Waals surface area contributed by atoms with Crippen LogP contribution in [0.3, 0.4) is 0 Å². The quantitative estimate of drug-likeness (QED) is 0.773. The van der Waals surface area contributed by atoms with E-state index < -0.39 is 5.91 Å². The van der Waals surface area contributed by atoms with Gasteiger partial charge in [0, 0.05) is 16.7 Å². The van der Waals surface area contributed by atoms with Crippen molar-refractivity contribution in [3.63, 3.8) is 0 Å². The van der Waals surface area contributed by atoms with Gasteiger partial charge in [-0.15, -0.1) is 0 Å². The highest BCUT2D eigenvalue weighted by Gasteiger charge is 2.15. The Hall–Kier alpha value is -3.07. The number of aromatic hydroxyl groups is 1. The van der Waals surface area contributed by atoms with Crippen molar-refractivity contribution in [2.24, 2.45) is 5.73 Å². The van der Waals surface area contributed by atoms with Crippen LogP contribution in [-0.2, 0) is 0 Å². The van der Waals surface area contributed by atoms with Gasteiger partial charge in [0.25, 0.3) is 0 Å². The second kappa shape index (κ2) is 5.74. The first-order valence-electron chi connectivity index (χ1n) is 6.86. The van der Waals surface area contributed by atoms with Gasteiger partial charge in [0.15, 0.2) is 0 Å². The minimum atomic E-state index is -0.528. The third-order valence-electron chi connectivity index (χ3n) is 3.53. The minimum Gasteiger partial charge on any atom is -0.507 e. The Bertz CT molecular complexity index is 826. The first-order valence-corrected chi connectivity index (χ1v) is 6.86. The molecule has 0 unspecified atom stereocenters. The summed E-state index contributed by atoms with van der Waals surface area (Å²) in [7, 11) is 0. The van der Waals surface area contributed by atoms with Gasteiger partial charge in [-0.1, -0.05) is 48.5 Å². The zero-order valence-electron chi connectivity index (χ0n) is 11.8. The van der Waals surface area contributed by atoms with E-state index in [1.165, 1.54) is 0 Å². The molecule has 3 rings (SSSR count). The first-order chi connectivity index (χ1) is 10.7. The molecular weight excluding hydrogens is 274 g/mol. The maximum absolute atomic E-state index is 11.6. The van der Waals surface area contributed by atoms with Crippen molar-refractivity contribution >= 4 is 5.91 Å². The number of phenols is 1. The molecule has 0 aromatic heterocycles. The van der Waals surface area contributed by atoms with Gasteiger partial charge in [-0.3, -0.25) is 4.79 Å². The van der Waals surface area contributed by atoms with Gasteiger partial charge in [-0.25, -0.2) is 0 Å². The molecule has 0 bridgehead atoms. The van der Waals surface area contributed by atoms with Gasteiger partial charge >= 0.3 is 0 Å². The van der Waals surface area contributed by atoms with Crippen molar-refractivity contribution in [1.29, 1.82) is 0 Å². The number of carbonyl (C=O) groups excluding carboxylic acids is 1. The van der Waals surface area contributed by atoms with Gasteiger partial charge in [0.05, 0.1) is 0 Å². The number of primary amides is 1. The maximum atomic E-state index is 11.6. The largest absolute Gasteiger partial charge is 0.507 e. The fourth-order valence-electron chi connectivity index (χ4n) is 2.47. The molecule has 3 aromatic carbocycles. The Morgan fingerprint density at radius 3 is 2.23 bits per heavy atom. The van der Waals surface area contributed by atoms with Crippen molar-refractivity contribution in [1.82, 2.24) is 0 Å². The summed E-state index contributed by atoms with van der Waals surface area (Å²) in [5, 5.41) is 10.6. The van der Waals surface area contributed by atoms with Gasteiger partial charge in [-0.05, 0) is 35.4 Å². The van der Waals surface area contributed by atoms with E-state index in [1.807, 2.05) is 30.3 Å². The van der Waals surface area contributed by atoms with Gasteiger partial charge < -0.3 is 10.8 Å². The summed E-state index contributed by atoms with van der Waals surface area (Å²) in [5.41, 5.74) is 8.48. The summed E-state index contributed by atoms with van der Waals surface area (Å²) in [6.07, 6.45) is 0. The van der Waals surface area contributed by atoms with Crippen molar-refractivity contribution in [2.75, 3.05) is 0 Å². The fourth-order valence-corrected chi connectivity index (χ4v) is 2.47. The lowest BCUT2D eigenvalue weighted by molar-refractivity contribution is 0.100. The van der Waals surface area contributed by atoms with Crippen molar-refractivity contribution in [2.45, 2.75) is 0 Å². The Labute approximate surface area is 128 Å². The molecule has 0 aliphatic rings. The fraction of sp³-hybridized carbons (Fsp3) is 0. The number of amides is 1. The van der Waals surface area contributed by atoms with Crippen LogP contribution in [0.1, 0.15) is 10.4 Å². The first kappa shape index (κ1) is 13.9. The Kier molecular flexibility index (Phi) is 3.62. The molecule has 3 N–H and O–H groups in total. The molecule has 0 spiro atoms. The molecule has 0 atom stereocenters. The van der Waals surface area contributed by atoms with Crippen LogP contribution in [0, 0.1) is 6.07 Å². The van der Waals surface area contributed by atoms with E-state index in [4.69, 9.17) is 5.73 Å². The predicted octanol–water partition coefficient (Wildman–Crippen LogP) is 3.63. The van der Waals surface area contributed by atoms with E-state index in [9.17, 15) is 9.90 Å². The molecule has 1 amide bonds. The van der Waals surface area contributed by atoms with Crippen molar-refractivity contribution in [3.8, 4) is 28.0 Å². The molecule has 3 nitrogen and oxygen atoms in total. The average Bonchev–Trinajstić information content (AvgIpc) is 2.56. The lowest BCUT2D eigenvalue weighted by Crippen LogP contribution is -2.12. The number of rotatable bonds is 3. The van der Waals surface area contributed by atoms with Crippen LogP contribution in [0.25, 0.3) is 22.3 Å². The normalized spacial score (nSPS) is 10.4. The van der Waals surface area contributed by atoms with Gasteiger partial charge in [0.2, 0.25) is 5.91 Å². The molecule has 0 saturated carbocycles. The predicted molar refractivity (Wildman–Crippen MR) is 86.3 cm³/mol. The molecule has 0 aliphatic heterocycles. The third kappa shape index (κ3) is 2.44. The zero-order valence-corrected chi connectivity index (χ0v) is 11.8. The number of carbonyl (C=O) groups is 1. The number of hydrogen-bond acceptors (Lipinski definition) is 2. The minimum absolute atomic E-state index is 0.110. The van der Waals surface area contributed by atoms with Gasteiger partial charge in [0.1, 0.15) is 5.75 Å². The molecule has 0 heterocycles. The highest BCUT2D eigenvalue weighted by atomic mass is 16.3. The summed E-state index contributed by atoms with van der Waals surface area (Å²) < 4.78 is 0. The Balaban J connectivity index is 2.20. The summed E-state index contributed by atoms with van der Waals surface area (Å²) in [6, 6.07) is 22.9. The third-order valence-corrected chi connectivity index (χ3v) is 3.53. The standard InChI is InChI=1S/C19H14NO2/c20-19(22)17-10-5-4-9-15(17)16-12-6-11-14(18(16)21)13-7-2-1-3-8-13/h1-5,7-12,21H,(H2,20,22).